The lowest BCUT2D eigenvalue weighted by Crippen LogP contribution is -2.39. The topological polar surface area (TPSA) is 29.5 Å². The van der Waals surface area contributed by atoms with Crippen molar-refractivity contribution in [2.75, 3.05) is 32.8 Å². The zero-order valence-electron chi connectivity index (χ0n) is 9.29. The van der Waals surface area contributed by atoms with Crippen molar-refractivity contribution in [3.05, 3.63) is 0 Å². The van der Waals surface area contributed by atoms with E-state index in [0.29, 0.717) is 6.61 Å². The highest BCUT2D eigenvalue weighted by Crippen LogP contribution is 2.27. The standard InChI is InChI=1S/C11H21NO2/c1-3-6-12(4-2)8-11(9-13)5-7-14-10-11/h9H,3-8,10H2,1-2H3. The first-order valence-corrected chi connectivity index (χ1v) is 5.53. The van der Waals surface area contributed by atoms with Crippen LogP contribution >= 0.6 is 0 Å². The van der Waals surface area contributed by atoms with E-state index in [2.05, 4.69) is 18.7 Å². The van der Waals surface area contributed by atoms with Crippen LogP contribution in [0.25, 0.3) is 0 Å². The fraction of sp³-hybridized carbons (Fsp3) is 0.909. The number of aldehydes is 1. The minimum atomic E-state index is -0.217. The Bertz CT molecular complexity index is 176. The minimum Gasteiger partial charge on any atom is -0.380 e. The molecule has 0 aromatic heterocycles. The van der Waals surface area contributed by atoms with Gasteiger partial charge in [0.05, 0.1) is 12.0 Å². The molecule has 14 heavy (non-hydrogen) atoms. The summed E-state index contributed by atoms with van der Waals surface area (Å²) in [7, 11) is 0. The first kappa shape index (κ1) is 11.7. The third-order valence-electron chi connectivity index (χ3n) is 2.91. The van der Waals surface area contributed by atoms with Gasteiger partial charge in [0.2, 0.25) is 0 Å². The normalized spacial score (nSPS) is 27.1. The van der Waals surface area contributed by atoms with Gasteiger partial charge in [0.1, 0.15) is 6.29 Å². The van der Waals surface area contributed by atoms with E-state index in [-0.39, 0.29) is 5.41 Å². The van der Waals surface area contributed by atoms with Crippen molar-refractivity contribution in [3.63, 3.8) is 0 Å². The molecule has 1 aliphatic rings. The summed E-state index contributed by atoms with van der Waals surface area (Å²) >= 11 is 0. The molecule has 1 fully saturated rings. The van der Waals surface area contributed by atoms with Crippen LogP contribution in [0, 0.1) is 5.41 Å². The molecule has 0 aromatic carbocycles. The van der Waals surface area contributed by atoms with E-state index < -0.39 is 0 Å². The molecule has 1 rings (SSSR count). The number of hydrogen-bond donors (Lipinski definition) is 0. The largest absolute Gasteiger partial charge is 0.380 e. The average molecular weight is 199 g/mol. The van der Waals surface area contributed by atoms with Crippen molar-refractivity contribution in [2.45, 2.75) is 26.7 Å². The van der Waals surface area contributed by atoms with Crippen molar-refractivity contribution in [3.8, 4) is 0 Å². The SMILES string of the molecule is CCCN(CC)CC1(C=O)CCOC1. The van der Waals surface area contributed by atoms with Crippen LogP contribution in [0.4, 0.5) is 0 Å². The molecular weight excluding hydrogens is 178 g/mol. The van der Waals surface area contributed by atoms with Crippen LogP contribution in [-0.2, 0) is 9.53 Å². The Balaban J connectivity index is 2.49. The zero-order valence-corrected chi connectivity index (χ0v) is 9.29. The summed E-state index contributed by atoms with van der Waals surface area (Å²) in [6.45, 7) is 8.61. The van der Waals surface area contributed by atoms with Crippen LogP contribution < -0.4 is 0 Å². The zero-order chi connectivity index (χ0) is 10.4. The van der Waals surface area contributed by atoms with Gasteiger partial charge in [-0.3, -0.25) is 0 Å². The van der Waals surface area contributed by atoms with Crippen LogP contribution in [0.1, 0.15) is 26.7 Å². The van der Waals surface area contributed by atoms with E-state index in [9.17, 15) is 4.79 Å². The van der Waals surface area contributed by atoms with E-state index in [4.69, 9.17) is 4.74 Å². The second-order valence-electron chi connectivity index (χ2n) is 4.15. The molecule has 0 aromatic rings. The van der Waals surface area contributed by atoms with Gasteiger partial charge < -0.3 is 14.4 Å². The third kappa shape index (κ3) is 2.79. The molecular formula is C11H21NO2. The van der Waals surface area contributed by atoms with Crippen LogP contribution in [0.3, 0.4) is 0 Å². The van der Waals surface area contributed by atoms with Crippen molar-refractivity contribution in [1.82, 2.24) is 4.90 Å². The van der Waals surface area contributed by atoms with Crippen molar-refractivity contribution in [2.24, 2.45) is 5.41 Å². The minimum absolute atomic E-state index is 0.217. The van der Waals surface area contributed by atoms with Crippen molar-refractivity contribution >= 4 is 6.29 Å². The molecule has 1 heterocycles. The first-order valence-electron chi connectivity index (χ1n) is 5.53. The molecule has 0 aliphatic carbocycles. The summed E-state index contributed by atoms with van der Waals surface area (Å²) in [4.78, 5) is 13.4. The molecule has 0 saturated carbocycles. The molecule has 1 aliphatic heterocycles. The molecule has 82 valence electrons. The van der Waals surface area contributed by atoms with Crippen LogP contribution in [0.2, 0.25) is 0 Å². The van der Waals surface area contributed by atoms with E-state index in [1.807, 2.05) is 0 Å². The van der Waals surface area contributed by atoms with Gasteiger partial charge in [0.15, 0.2) is 0 Å². The van der Waals surface area contributed by atoms with Crippen molar-refractivity contribution in [1.29, 1.82) is 0 Å². The number of rotatable bonds is 6. The summed E-state index contributed by atoms with van der Waals surface area (Å²) < 4.78 is 5.32. The fourth-order valence-electron chi connectivity index (χ4n) is 1.99. The molecule has 3 heteroatoms. The Morgan fingerprint density at radius 1 is 1.50 bits per heavy atom. The maximum atomic E-state index is 11.1. The Morgan fingerprint density at radius 2 is 2.29 bits per heavy atom. The Kier molecular flexibility index (Phi) is 4.55. The number of hydrogen-bond acceptors (Lipinski definition) is 3. The molecule has 0 radical (unpaired) electrons. The van der Waals surface area contributed by atoms with Crippen LogP contribution in [0.5, 0.6) is 0 Å². The lowest BCUT2D eigenvalue weighted by molar-refractivity contribution is -0.117. The average Bonchev–Trinajstić information content (AvgIpc) is 2.66. The second kappa shape index (κ2) is 5.47. The number of nitrogens with zero attached hydrogens (tertiary/aromatic N) is 1. The Hall–Kier alpha value is -0.410. The summed E-state index contributed by atoms with van der Waals surface area (Å²) in [5.74, 6) is 0. The van der Waals surface area contributed by atoms with Gasteiger partial charge >= 0.3 is 0 Å². The van der Waals surface area contributed by atoms with E-state index in [1.165, 1.54) is 0 Å². The Labute approximate surface area is 86.4 Å². The Morgan fingerprint density at radius 3 is 2.71 bits per heavy atom. The van der Waals surface area contributed by atoms with Gasteiger partial charge in [-0.1, -0.05) is 13.8 Å². The molecule has 1 atom stereocenters. The van der Waals surface area contributed by atoms with Gasteiger partial charge in [-0.05, 0) is 25.9 Å². The number of carbonyl (C=O) groups is 1. The van der Waals surface area contributed by atoms with E-state index in [0.717, 1.165) is 45.4 Å². The van der Waals surface area contributed by atoms with Gasteiger partial charge in [0, 0.05) is 13.2 Å². The predicted molar refractivity (Wildman–Crippen MR) is 56.3 cm³/mol. The molecule has 1 unspecified atom stereocenters. The molecule has 0 amide bonds. The van der Waals surface area contributed by atoms with Crippen LogP contribution in [0.15, 0.2) is 0 Å². The first-order chi connectivity index (χ1) is 6.76. The van der Waals surface area contributed by atoms with Gasteiger partial charge in [-0.2, -0.15) is 0 Å². The number of ether oxygens (including phenoxy) is 1. The van der Waals surface area contributed by atoms with Gasteiger partial charge in [-0.25, -0.2) is 0 Å². The lowest BCUT2D eigenvalue weighted by atomic mass is 9.88. The maximum Gasteiger partial charge on any atom is 0.129 e. The lowest BCUT2D eigenvalue weighted by Gasteiger charge is -2.29. The maximum absolute atomic E-state index is 11.1. The highest BCUT2D eigenvalue weighted by atomic mass is 16.5. The summed E-state index contributed by atoms with van der Waals surface area (Å²) in [5, 5.41) is 0. The predicted octanol–water partition coefficient (Wildman–Crippen LogP) is 1.32. The van der Waals surface area contributed by atoms with E-state index in [1.54, 1.807) is 0 Å². The molecule has 3 nitrogen and oxygen atoms in total. The molecule has 0 bridgehead atoms. The second-order valence-corrected chi connectivity index (χ2v) is 4.15. The molecule has 0 N–H and O–H groups in total. The van der Waals surface area contributed by atoms with Crippen LogP contribution in [-0.4, -0.2) is 44.0 Å². The van der Waals surface area contributed by atoms with Gasteiger partial charge in [-0.15, -0.1) is 0 Å². The monoisotopic (exact) mass is 199 g/mol. The smallest absolute Gasteiger partial charge is 0.129 e. The third-order valence-corrected chi connectivity index (χ3v) is 2.91. The molecule has 1 saturated heterocycles. The highest BCUT2D eigenvalue weighted by Gasteiger charge is 2.35. The highest BCUT2D eigenvalue weighted by molar-refractivity contribution is 5.60. The van der Waals surface area contributed by atoms with Gasteiger partial charge in [0.25, 0.3) is 0 Å². The fourth-order valence-corrected chi connectivity index (χ4v) is 1.99. The van der Waals surface area contributed by atoms with E-state index >= 15 is 0 Å². The van der Waals surface area contributed by atoms with Crippen molar-refractivity contribution < 1.29 is 9.53 Å². The summed E-state index contributed by atoms with van der Waals surface area (Å²) in [6, 6.07) is 0. The summed E-state index contributed by atoms with van der Waals surface area (Å²) in [6.07, 6.45) is 3.12. The molecule has 0 spiro atoms. The number of carbonyl (C=O) groups excluding carboxylic acids is 1. The summed E-state index contributed by atoms with van der Waals surface area (Å²) in [5.41, 5.74) is -0.217. The quantitative estimate of drug-likeness (QED) is 0.604.